The molecule has 0 spiro atoms. The van der Waals surface area contributed by atoms with Crippen molar-refractivity contribution in [2.45, 2.75) is 52.6 Å². The van der Waals surface area contributed by atoms with Crippen LogP contribution in [-0.2, 0) is 22.4 Å². The van der Waals surface area contributed by atoms with Crippen LogP contribution in [0.4, 0.5) is 10.5 Å². The first-order valence-electron chi connectivity index (χ1n) is 9.30. The van der Waals surface area contributed by atoms with E-state index in [9.17, 15) is 9.59 Å². The largest absolute Gasteiger partial charge is 0.444 e. The molecule has 1 heterocycles. The van der Waals surface area contributed by atoms with Gasteiger partial charge in [-0.05, 0) is 85.9 Å². The van der Waals surface area contributed by atoms with Crippen LogP contribution in [0.25, 0.3) is 0 Å². The zero-order chi connectivity index (χ0) is 20.2. The summed E-state index contributed by atoms with van der Waals surface area (Å²) in [5, 5.41) is 0. The normalized spacial score (nSPS) is 13.7. The predicted octanol–water partition coefficient (Wildman–Crippen LogP) is 4.56. The Morgan fingerprint density at radius 1 is 1.37 bits per heavy atom. The standard InChI is InChI=1S/C21H29IN2O3/c1-6-10-23(20(26)27-21(3,4)5)12-9-16-14-19-17(13-18(16)22)8-7-11-24(19)15(2)25/h6,13-14H,1,7-12H2,2-5H3. The Hall–Kier alpha value is -1.57. The fourth-order valence-electron chi connectivity index (χ4n) is 3.16. The molecule has 2 amide bonds. The molecule has 1 aliphatic heterocycles. The topological polar surface area (TPSA) is 49.9 Å². The van der Waals surface area contributed by atoms with Crippen molar-refractivity contribution in [1.82, 2.24) is 4.90 Å². The highest BCUT2D eigenvalue weighted by Gasteiger charge is 2.23. The summed E-state index contributed by atoms with van der Waals surface area (Å²) in [4.78, 5) is 27.9. The molecule has 0 saturated heterocycles. The molecule has 0 bridgehead atoms. The van der Waals surface area contributed by atoms with Crippen molar-refractivity contribution < 1.29 is 14.3 Å². The van der Waals surface area contributed by atoms with E-state index in [0.717, 1.165) is 30.6 Å². The lowest BCUT2D eigenvalue weighted by Gasteiger charge is -2.30. The fraction of sp³-hybridized carbons (Fsp3) is 0.524. The molecule has 1 aromatic carbocycles. The van der Waals surface area contributed by atoms with Crippen molar-refractivity contribution in [3.8, 4) is 0 Å². The van der Waals surface area contributed by atoms with Crippen molar-refractivity contribution >= 4 is 40.3 Å². The number of amides is 2. The predicted molar refractivity (Wildman–Crippen MR) is 117 cm³/mol. The summed E-state index contributed by atoms with van der Waals surface area (Å²) in [6.07, 6.45) is 4.06. The van der Waals surface area contributed by atoms with Gasteiger partial charge < -0.3 is 14.5 Å². The lowest BCUT2D eigenvalue weighted by atomic mass is 9.98. The molecule has 27 heavy (non-hydrogen) atoms. The van der Waals surface area contributed by atoms with Gasteiger partial charge in [-0.3, -0.25) is 4.79 Å². The van der Waals surface area contributed by atoms with E-state index < -0.39 is 5.60 Å². The molecule has 0 aliphatic carbocycles. The highest BCUT2D eigenvalue weighted by Crippen LogP contribution is 2.31. The first kappa shape index (κ1) is 21.7. The van der Waals surface area contributed by atoms with Gasteiger partial charge >= 0.3 is 6.09 Å². The number of ether oxygens (including phenoxy) is 1. The highest BCUT2D eigenvalue weighted by atomic mass is 127. The Kier molecular flexibility index (Phi) is 7.31. The van der Waals surface area contributed by atoms with Crippen molar-refractivity contribution in [3.63, 3.8) is 0 Å². The molecule has 0 N–H and O–H groups in total. The van der Waals surface area contributed by atoms with Gasteiger partial charge in [-0.2, -0.15) is 0 Å². The molecular formula is C21H29IN2O3. The zero-order valence-corrected chi connectivity index (χ0v) is 18.8. The van der Waals surface area contributed by atoms with Gasteiger partial charge in [0.1, 0.15) is 5.60 Å². The van der Waals surface area contributed by atoms with Crippen LogP contribution in [0.5, 0.6) is 0 Å². The van der Waals surface area contributed by atoms with Crippen LogP contribution >= 0.6 is 22.6 Å². The average molecular weight is 484 g/mol. The zero-order valence-electron chi connectivity index (χ0n) is 16.7. The van der Waals surface area contributed by atoms with Gasteiger partial charge in [-0.25, -0.2) is 4.79 Å². The van der Waals surface area contributed by atoms with Gasteiger partial charge in [-0.15, -0.1) is 6.58 Å². The molecule has 148 valence electrons. The number of carbonyl (C=O) groups is 2. The van der Waals surface area contributed by atoms with Gasteiger partial charge in [0.15, 0.2) is 0 Å². The smallest absolute Gasteiger partial charge is 0.410 e. The van der Waals surface area contributed by atoms with E-state index in [4.69, 9.17) is 4.74 Å². The summed E-state index contributed by atoms with van der Waals surface area (Å²) in [6.45, 7) is 12.7. The number of carbonyl (C=O) groups excluding carboxylic acids is 2. The number of fused-ring (bicyclic) bond motifs is 1. The third kappa shape index (κ3) is 5.96. The van der Waals surface area contributed by atoms with Crippen LogP contribution in [-0.4, -0.2) is 42.1 Å². The Morgan fingerprint density at radius 2 is 2.07 bits per heavy atom. The number of benzene rings is 1. The van der Waals surface area contributed by atoms with E-state index in [0.29, 0.717) is 19.5 Å². The van der Waals surface area contributed by atoms with Gasteiger partial charge in [0.25, 0.3) is 0 Å². The third-order valence-electron chi connectivity index (χ3n) is 4.40. The third-order valence-corrected chi connectivity index (χ3v) is 5.40. The summed E-state index contributed by atoms with van der Waals surface area (Å²) in [5.74, 6) is 0.0742. The Morgan fingerprint density at radius 3 is 2.67 bits per heavy atom. The Labute approximate surface area is 175 Å². The molecule has 1 aliphatic rings. The minimum atomic E-state index is -0.529. The first-order valence-corrected chi connectivity index (χ1v) is 10.4. The van der Waals surface area contributed by atoms with Crippen LogP contribution in [0.15, 0.2) is 24.8 Å². The minimum absolute atomic E-state index is 0.0742. The molecule has 0 radical (unpaired) electrons. The van der Waals surface area contributed by atoms with Gasteiger partial charge in [0.05, 0.1) is 0 Å². The number of hydrogen-bond donors (Lipinski definition) is 0. The molecule has 1 aromatic rings. The van der Waals surface area contributed by atoms with Crippen molar-refractivity contribution in [2.24, 2.45) is 0 Å². The Bertz CT molecular complexity index is 725. The first-order chi connectivity index (χ1) is 12.6. The Balaban J connectivity index is 2.18. The van der Waals surface area contributed by atoms with Crippen molar-refractivity contribution in [1.29, 1.82) is 0 Å². The number of hydrogen-bond acceptors (Lipinski definition) is 3. The minimum Gasteiger partial charge on any atom is -0.444 e. The molecular weight excluding hydrogens is 455 g/mol. The molecule has 2 rings (SSSR count). The number of halogens is 1. The van der Waals surface area contributed by atoms with Gasteiger partial charge in [0, 0.05) is 35.8 Å². The maximum atomic E-state index is 12.4. The molecule has 0 atom stereocenters. The summed E-state index contributed by atoms with van der Waals surface area (Å²) in [6, 6.07) is 4.28. The molecule has 0 aromatic heterocycles. The molecule has 0 fully saturated rings. The van der Waals surface area contributed by atoms with E-state index in [1.807, 2.05) is 25.7 Å². The lowest BCUT2D eigenvalue weighted by Crippen LogP contribution is -2.38. The number of anilines is 1. The summed E-state index contributed by atoms with van der Waals surface area (Å²) in [5.41, 5.74) is 2.84. The maximum Gasteiger partial charge on any atom is 0.410 e. The van der Waals surface area contributed by atoms with E-state index in [1.54, 1.807) is 17.9 Å². The lowest BCUT2D eigenvalue weighted by molar-refractivity contribution is -0.116. The van der Waals surface area contributed by atoms with E-state index in [1.165, 1.54) is 9.13 Å². The average Bonchev–Trinajstić information content (AvgIpc) is 2.56. The van der Waals surface area contributed by atoms with E-state index >= 15 is 0 Å². The number of rotatable bonds is 5. The number of aryl methyl sites for hydroxylation is 1. The van der Waals surface area contributed by atoms with E-state index in [-0.39, 0.29) is 12.0 Å². The highest BCUT2D eigenvalue weighted by molar-refractivity contribution is 14.1. The van der Waals surface area contributed by atoms with Crippen molar-refractivity contribution in [3.05, 3.63) is 39.5 Å². The molecule has 0 saturated carbocycles. The SMILES string of the molecule is C=CCN(CCc1cc2c(cc1I)CCCN2C(C)=O)C(=O)OC(C)(C)C. The van der Waals surface area contributed by atoms with Gasteiger partial charge in [0.2, 0.25) is 5.91 Å². The maximum absolute atomic E-state index is 12.4. The van der Waals surface area contributed by atoms with Gasteiger partial charge in [-0.1, -0.05) is 6.08 Å². The second-order valence-corrected chi connectivity index (χ2v) is 8.97. The second-order valence-electron chi connectivity index (χ2n) is 7.81. The van der Waals surface area contributed by atoms with Crippen LogP contribution < -0.4 is 4.90 Å². The van der Waals surface area contributed by atoms with Crippen LogP contribution in [0, 0.1) is 3.57 Å². The molecule has 6 heteroatoms. The summed E-state index contributed by atoms with van der Waals surface area (Å²) in [7, 11) is 0. The summed E-state index contributed by atoms with van der Waals surface area (Å²) >= 11 is 2.34. The second kappa shape index (κ2) is 9.08. The molecule has 5 nitrogen and oxygen atoms in total. The summed E-state index contributed by atoms with van der Waals surface area (Å²) < 4.78 is 6.66. The van der Waals surface area contributed by atoms with Crippen LogP contribution in [0.1, 0.15) is 45.2 Å². The monoisotopic (exact) mass is 484 g/mol. The van der Waals surface area contributed by atoms with E-state index in [2.05, 4.69) is 41.3 Å². The van der Waals surface area contributed by atoms with Crippen LogP contribution in [0.2, 0.25) is 0 Å². The van der Waals surface area contributed by atoms with Crippen molar-refractivity contribution in [2.75, 3.05) is 24.5 Å². The number of nitrogens with zero attached hydrogens (tertiary/aromatic N) is 2. The quantitative estimate of drug-likeness (QED) is 0.455. The van der Waals surface area contributed by atoms with Crippen LogP contribution in [0.3, 0.4) is 0 Å². The molecule has 0 unspecified atom stereocenters. The fourth-order valence-corrected chi connectivity index (χ4v) is 3.96.